The van der Waals surface area contributed by atoms with Crippen molar-refractivity contribution in [1.82, 2.24) is 14.9 Å². The molecule has 0 unspecified atom stereocenters. The van der Waals surface area contributed by atoms with Crippen molar-refractivity contribution in [2.45, 2.75) is 51.4 Å². The van der Waals surface area contributed by atoms with Gasteiger partial charge in [0.15, 0.2) is 5.16 Å². The van der Waals surface area contributed by atoms with E-state index in [-0.39, 0.29) is 28.5 Å². The molecule has 7 heteroatoms. The van der Waals surface area contributed by atoms with Crippen molar-refractivity contribution < 1.29 is 9.21 Å². The molecular formula is C18H21N3O3S. The van der Waals surface area contributed by atoms with Crippen LogP contribution in [-0.4, -0.2) is 21.2 Å². The van der Waals surface area contributed by atoms with Gasteiger partial charge < -0.3 is 9.73 Å². The number of amides is 1. The molecule has 1 N–H and O–H groups in total. The van der Waals surface area contributed by atoms with Gasteiger partial charge in [0, 0.05) is 30.5 Å². The van der Waals surface area contributed by atoms with E-state index in [4.69, 9.17) is 4.42 Å². The second-order valence-corrected chi connectivity index (χ2v) is 8.63. The van der Waals surface area contributed by atoms with E-state index in [2.05, 4.69) is 24.1 Å². The molecule has 0 fully saturated rings. The van der Waals surface area contributed by atoms with Crippen LogP contribution in [0.25, 0.3) is 0 Å². The first-order valence-electron chi connectivity index (χ1n) is 8.47. The number of nitrogens with zero attached hydrogens (tertiary/aromatic N) is 2. The minimum atomic E-state index is -0.364. The summed E-state index contributed by atoms with van der Waals surface area (Å²) in [6.45, 7) is 6.85. The van der Waals surface area contributed by atoms with E-state index in [1.807, 2.05) is 13.0 Å². The molecule has 0 radical (unpaired) electrons. The Bertz CT molecular complexity index is 913. The Labute approximate surface area is 150 Å². The van der Waals surface area contributed by atoms with Crippen LogP contribution in [0.2, 0.25) is 0 Å². The molecule has 1 aliphatic heterocycles. The smallest absolute Gasteiger partial charge is 0.267 e. The number of hydrogen-bond acceptors (Lipinski definition) is 5. The SMILES string of the molecule is Cc1cc2c(o1)CC(C)(C)C[C@@H]2NC(=O)c1cnc2n(c1=O)CCS2. The molecule has 6 nitrogen and oxygen atoms in total. The Morgan fingerprint density at radius 2 is 2.28 bits per heavy atom. The minimum Gasteiger partial charge on any atom is -0.466 e. The van der Waals surface area contributed by atoms with E-state index >= 15 is 0 Å². The summed E-state index contributed by atoms with van der Waals surface area (Å²) in [5.74, 6) is 2.23. The second-order valence-electron chi connectivity index (χ2n) is 7.57. The number of aryl methyl sites for hydroxylation is 1. The van der Waals surface area contributed by atoms with E-state index < -0.39 is 0 Å². The summed E-state index contributed by atoms with van der Waals surface area (Å²) in [6.07, 6.45) is 3.06. The molecule has 3 heterocycles. The van der Waals surface area contributed by atoms with Gasteiger partial charge in [-0.3, -0.25) is 14.2 Å². The van der Waals surface area contributed by atoms with Crippen LogP contribution in [-0.2, 0) is 13.0 Å². The Kier molecular flexibility index (Phi) is 3.79. The maximum absolute atomic E-state index is 12.8. The van der Waals surface area contributed by atoms with Crippen LogP contribution in [0.4, 0.5) is 0 Å². The highest BCUT2D eigenvalue weighted by Crippen LogP contribution is 2.42. The van der Waals surface area contributed by atoms with Crippen LogP contribution in [0.3, 0.4) is 0 Å². The van der Waals surface area contributed by atoms with E-state index in [1.54, 1.807) is 4.57 Å². The van der Waals surface area contributed by atoms with Crippen molar-refractivity contribution in [3.05, 3.63) is 45.3 Å². The number of carbonyl (C=O) groups excluding carboxylic acids is 1. The normalized spacial score (nSPS) is 20.8. The third-order valence-corrected chi connectivity index (χ3v) is 5.81. The van der Waals surface area contributed by atoms with Crippen LogP contribution >= 0.6 is 11.8 Å². The summed E-state index contributed by atoms with van der Waals surface area (Å²) in [5, 5.41) is 3.72. The van der Waals surface area contributed by atoms with E-state index in [0.29, 0.717) is 11.7 Å². The lowest BCUT2D eigenvalue weighted by atomic mass is 9.74. The molecule has 4 rings (SSSR count). The molecule has 25 heavy (non-hydrogen) atoms. The third-order valence-electron chi connectivity index (χ3n) is 4.84. The van der Waals surface area contributed by atoms with Gasteiger partial charge in [-0.2, -0.15) is 0 Å². The Balaban J connectivity index is 1.64. The number of nitrogens with one attached hydrogen (secondary N) is 1. The average molecular weight is 359 g/mol. The highest BCUT2D eigenvalue weighted by atomic mass is 32.2. The van der Waals surface area contributed by atoms with Crippen LogP contribution < -0.4 is 10.9 Å². The molecule has 0 spiro atoms. The quantitative estimate of drug-likeness (QED) is 0.834. The number of fused-ring (bicyclic) bond motifs is 2. The van der Waals surface area contributed by atoms with Crippen molar-refractivity contribution >= 4 is 17.7 Å². The minimum absolute atomic E-state index is 0.0249. The standard InChI is InChI=1S/C18H21N3O3S/c1-10-6-11-13(7-18(2,3)8-14(11)24-10)20-15(22)12-9-19-17-21(16(12)23)4-5-25-17/h6,9,13H,4-5,7-8H2,1-3H3,(H,20,22)/t13-/m0/s1. The average Bonchev–Trinajstić information content (AvgIpc) is 3.12. The van der Waals surface area contributed by atoms with Gasteiger partial charge in [0.1, 0.15) is 17.1 Å². The van der Waals surface area contributed by atoms with Crippen molar-refractivity contribution in [3.63, 3.8) is 0 Å². The molecule has 0 saturated carbocycles. The monoisotopic (exact) mass is 359 g/mol. The van der Waals surface area contributed by atoms with Crippen LogP contribution in [0.1, 0.15) is 53.8 Å². The first-order chi connectivity index (χ1) is 11.8. The summed E-state index contributed by atoms with van der Waals surface area (Å²) in [7, 11) is 0. The van der Waals surface area contributed by atoms with Gasteiger partial charge in [0.05, 0.1) is 6.04 Å². The van der Waals surface area contributed by atoms with Crippen molar-refractivity contribution in [1.29, 1.82) is 0 Å². The maximum atomic E-state index is 12.8. The van der Waals surface area contributed by atoms with Crippen molar-refractivity contribution in [2.24, 2.45) is 5.41 Å². The summed E-state index contributed by atoms with van der Waals surface area (Å²) in [4.78, 5) is 29.6. The first-order valence-corrected chi connectivity index (χ1v) is 9.45. The largest absolute Gasteiger partial charge is 0.466 e. The summed E-state index contributed by atoms with van der Waals surface area (Å²) in [5.41, 5.74) is 0.898. The molecule has 0 bridgehead atoms. The Morgan fingerprint density at radius 1 is 1.48 bits per heavy atom. The van der Waals surface area contributed by atoms with E-state index in [0.717, 1.165) is 35.7 Å². The number of furan rings is 1. The van der Waals surface area contributed by atoms with E-state index in [9.17, 15) is 9.59 Å². The predicted octanol–water partition coefficient (Wildman–Crippen LogP) is 2.69. The van der Waals surface area contributed by atoms with Gasteiger partial charge in [0.25, 0.3) is 11.5 Å². The highest BCUT2D eigenvalue weighted by Gasteiger charge is 2.36. The lowest BCUT2D eigenvalue weighted by Crippen LogP contribution is -2.39. The zero-order valence-electron chi connectivity index (χ0n) is 14.6. The van der Waals surface area contributed by atoms with E-state index in [1.165, 1.54) is 18.0 Å². The second kappa shape index (κ2) is 5.76. The number of aromatic nitrogens is 2. The molecule has 2 aromatic heterocycles. The predicted molar refractivity (Wildman–Crippen MR) is 95.0 cm³/mol. The van der Waals surface area contributed by atoms with Crippen LogP contribution in [0.5, 0.6) is 0 Å². The van der Waals surface area contributed by atoms with Crippen molar-refractivity contribution in [2.75, 3.05) is 5.75 Å². The van der Waals surface area contributed by atoms with Crippen LogP contribution in [0.15, 0.2) is 26.6 Å². The van der Waals surface area contributed by atoms with Gasteiger partial charge >= 0.3 is 0 Å². The molecule has 132 valence electrons. The highest BCUT2D eigenvalue weighted by molar-refractivity contribution is 7.99. The number of rotatable bonds is 2. The molecule has 0 aromatic carbocycles. The fourth-order valence-electron chi connectivity index (χ4n) is 3.72. The molecule has 2 aromatic rings. The van der Waals surface area contributed by atoms with Gasteiger partial charge in [-0.05, 0) is 24.8 Å². The fraction of sp³-hybridized carbons (Fsp3) is 0.500. The fourth-order valence-corrected chi connectivity index (χ4v) is 4.64. The Hall–Kier alpha value is -2.02. The summed E-state index contributed by atoms with van der Waals surface area (Å²) in [6, 6.07) is 1.83. The number of carbonyl (C=O) groups is 1. The summed E-state index contributed by atoms with van der Waals surface area (Å²) >= 11 is 1.54. The maximum Gasteiger partial charge on any atom is 0.267 e. The zero-order valence-corrected chi connectivity index (χ0v) is 15.4. The third kappa shape index (κ3) is 2.90. The Morgan fingerprint density at radius 3 is 3.08 bits per heavy atom. The molecule has 1 aliphatic carbocycles. The van der Waals surface area contributed by atoms with Gasteiger partial charge in [-0.25, -0.2) is 4.98 Å². The topological polar surface area (TPSA) is 77.1 Å². The van der Waals surface area contributed by atoms with Gasteiger partial charge in [-0.1, -0.05) is 25.6 Å². The molecule has 1 amide bonds. The van der Waals surface area contributed by atoms with Gasteiger partial charge in [0.2, 0.25) is 0 Å². The van der Waals surface area contributed by atoms with Crippen molar-refractivity contribution in [3.8, 4) is 0 Å². The molecular weight excluding hydrogens is 338 g/mol. The summed E-state index contributed by atoms with van der Waals surface area (Å²) < 4.78 is 7.39. The molecule has 2 aliphatic rings. The molecule has 1 atom stereocenters. The number of hydrogen-bond donors (Lipinski definition) is 1. The first kappa shape index (κ1) is 16.4. The van der Waals surface area contributed by atoms with Gasteiger partial charge in [-0.15, -0.1) is 0 Å². The lowest BCUT2D eigenvalue weighted by molar-refractivity contribution is 0.0914. The lowest BCUT2D eigenvalue weighted by Gasteiger charge is -2.34. The number of thioether (sulfide) groups is 1. The zero-order chi connectivity index (χ0) is 17.8. The van der Waals surface area contributed by atoms with Crippen LogP contribution in [0, 0.1) is 12.3 Å². The molecule has 0 saturated heterocycles.